The van der Waals surface area contributed by atoms with Crippen LogP contribution < -0.4 is 0 Å². The van der Waals surface area contributed by atoms with E-state index in [-0.39, 0.29) is 6.10 Å². The van der Waals surface area contributed by atoms with E-state index in [1.165, 1.54) is 167 Å². The van der Waals surface area contributed by atoms with E-state index in [0.717, 1.165) is 32.7 Å². The fourth-order valence-electron chi connectivity index (χ4n) is 5.89. The average molecular weight is 665 g/mol. The third kappa shape index (κ3) is 41.4. The Morgan fingerprint density at radius 2 is 0.681 bits per heavy atom. The molecule has 0 amide bonds. The first kappa shape index (κ1) is 46.3. The Kier molecular flexibility index (Phi) is 42.7. The number of rotatable bonds is 41. The van der Waals surface area contributed by atoms with Crippen molar-refractivity contribution < 1.29 is 18.9 Å². The summed E-state index contributed by atoms with van der Waals surface area (Å²) in [4.78, 5) is 0. The monoisotopic (exact) mass is 665 g/mol. The highest BCUT2D eigenvalue weighted by atomic mass is 16.6. The van der Waals surface area contributed by atoms with Crippen LogP contribution >= 0.6 is 0 Å². The Bertz CT molecular complexity index is 605. The second-order valence-electron chi connectivity index (χ2n) is 13.7. The predicted octanol–water partition coefficient (Wildman–Crippen LogP) is 13.5. The SMILES string of the molecule is CCCCCCCC/C=C\CCCCCCCCOCC(COCCOCC)OCCCCCCCC/C=C\CCCCCCCC. The molecule has 0 spiro atoms. The van der Waals surface area contributed by atoms with Gasteiger partial charge in [0.15, 0.2) is 0 Å². The van der Waals surface area contributed by atoms with E-state index >= 15 is 0 Å². The molecule has 0 aliphatic heterocycles. The van der Waals surface area contributed by atoms with E-state index in [9.17, 15) is 0 Å². The Balaban J connectivity index is 3.72. The molecule has 4 nitrogen and oxygen atoms in total. The lowest BCUT2D eigenvalue weighted by Crippen LogP contribution is -2.27. The van der Waals surface area contributed by atoms with Gasteiger partial charge in [-0.2, -0.15) is 0 Å². The van der Waals surface area contributed by atoms with Crippen LogP contribution in [0.4, 0.5) is 0 Å². The van der Waals surface area contributed by atoms with Crippen molar-refractivity contribution in [2.45, 2.75) is 207 Å². The highest BCUT2D eigenvalue weighted by Gasteiger charge is 2.10. The van der Waals surface area contributed by atoms with Crippen molar-refractivity contribution in [1.82, 2.24) is 0 Å². The van der Waals surface area contributed by atoms with Crippen LogP contribution in [0.15, 0.2) is 24.3 Å². The van der Waals surface area contributed by atoms with Gasteiger partial charge in [0, 0.05) is 19.8 Å². The molecule has 1 atom stereocenters. The minimum atomic E-state index is 0.0221. The second-order valence-corrected chi connectivity index (χ2v) is 13.7. The molecule has 0 saturated carbocycles. The van der Waals surface area contributed by atoms with Gasteiger partial charge in [0.25, 0.3) is 0 Å². The van der Waals surface area contributed by atoms with Crippen LogP contribution in [0.3, 0.4) is 0 Å². The van der Waals surface area contributed by atoms with E-state index in [4.69, 9.17) is 18.9 Å². The summed E-state index contributed by atoms with van der Waals surface area (Å²) in [5.74, 6) is 0. The van der Waals surface area contributed by atoms with E-state index in [0.29, 0.717) is 26.4 Å². The van der Waals surface area contributed by atoms with E-state index in [1.54, 1.807) is 0 Å². The van der Waals surface area contributed by atoms with Crippen molar-refractivity contribution in [1.29, 1.82) is 0 Å². The number of unbranched alkanes of at least 4 members (excludes halogenated alkanes) is 24. The molecule has 0 aromatic heterocycles. The molecular formula is C43H84O4. The van der Waals surface area contributed by atoms with Gasteiger partial charge in [0.1, 0.15) is 6.10 Å². The largest absolute Gasteiger partial charge is 0.379 e. The topological polar surface area (TPSA) is 36.9 Å². The van der Waals surface area contributed by atoms with Crippen molar-refractivity contribution in [3.63, 3.8) is 0 Å². The molecule has 0 bridgehead atoms. The van der Waals surface area contributed by atoms with Crippen molar-refractivity contribution >= 4 is 0 Å². The molecule has 0 heterocycles. The molecule has 0 aliphatic carbocycles. The summed E-state index contributed by atoms with van der Waals surface area (Å²) in [5, 5.41) is 0. The lowest BCUT2D eigenvalue weighted by molar-refractivity contribution is -0.0677. The molecule has 280 valence electrons. The third-order valence-corrected chi connectivity index (χ3v) is 8.99. The minimum absolute atomic E-state index is 0.0221. The summed E-state index contributed by atoms with van der Waals surface area (Å²) in [6.45, 7) is 11.4. The summed E-state index contributed by atoms with van der Waals surface area (Å²) in [6, 6.07) is 0. The summed E-state index contributed by atoms with van der Waals surface area (Å²) in [7, 11) is 0. The highest BCUT2D eigenvalue weighted by Crippen LogP contribution is 2.12. The maximum Gasteiger partial charge on any atom is 0.104 e. The fraction of sp³-hybridized carbons (Fsp3) is 0.907. The van der Waals surface area contributed by atoms with Gasteiger partial charge in [-0.05, 0) is 71.1 Å². The first-order chi connectivity index (χ1) is 23.3. The van der Waals surface area contributed by atoms with Gasteiger partial charge in [0.2, 0.25) is 0 Å². The van der Waals surface area contributed by atoms with Crippen molar-refractivity contribution in [2.75, 3.05) is 46.2 Å². The van der Waals surface area contributed by atoms with Crippen LogP contribution in [-0.4, -0.2) is 52.4 Å². The quantitative estimate of drug-likeness (QED) is 0.0481. The average Bonchev–Trinajstić information content (AvgIpc) is 3.08. The van der Waals surface area contributed by atoms with E-state index < -0.39 is 0 Å². The standard InChI is InChI=1S/C43H84O4/c1-4-7-9-11-13-15-17-19-21-23-25-27-29-31-33-35-37-45-41-43(42-46-40-39-44-6-3)47-38-36-34-32-30-28-26-24-22-20-18-16-14-12-10-8-5-2/h19-22,43H,4-18,23-42H2,1-3H3/b21-19-,22-20-. The van der Waals surface area contributed by atoms with Gasteiger partial charge in [0.05, 0.1) is 26.4 Å². The summed E-state index contributed by atoms with van der Waals surface area (Å²) < 4.78 is 23.5. The van der Waals surface area contributed by atoms with Gasteiger partial charge in [-0.15, -0.1) is 0 Å². The van der Waals surface area contributed by atoms with Crippen molar-refractivity contribution in [3.8, 4) is 0 Å². The Hall–Kier alpha value is -0.680. The lowest BCUT2D eigenvalue weighted by atomic mass is 10.1. The zero-order valence-electron chi connectivity index (χ0n) is 32.3. The molecule has 0 fully saturated rings. The molecule has 1 unspecified atom stereocenters. The third-order valence-electron chi connectivity index (χ3n) is 8.99. The van der Waals surface area contributed by atoms with Crippen LogP contribution in [-0.2, 0) is 18.9 Å². The predicted molar refractivity (Wildman–Crippen MR) is 207 cm³/mol. The van der Waals surface area contributed by atoms with Crippen LogP contribution in [0, 0.1) is 0 Å². The summed E-state index contributed by atoms with van der Waals surface area (Å²) >= 11 is 0. The van der Waals surface area contributed by atoms with Gasteiger partial charge < -0.3 is 18.9 Å². The second kappa shape index (κ2) is 43.3. The maximum atomic E-state index is 6.20. The van der Waals surface area contributed by atoms with Crippen LogP contribution in [0.2, 0.25) is 0 Å². The number of ether oxygens (including phenoxy) is 4. The molecule has 47 heavy (non-hydrogen) atoms. The van der Waals surface area contributed by atoms with Gasteiger partial charge in [-0.1, -0.05) is 154 Å². The van der Waals surface area contributed by atoms with E-state index in [2.05, 4.69) is 38.2 Å². The van der Waals surface area contributed by atoms with Crippen molar-refractivity contribution in [2.24, 2.45) is 0 Å². The molecule has 0 aliphatic rings. The smallest absolute Gasteiger partial charge is 0.104 e. The number of hydrogen-bond acceptors (Lipinski definition) is 4. The molecule has 0 radical (unpaired) electrons. The molecule has 0 saturated heterocycles. The highest BCUT2D eigenvalue weighted by molar-refractivity contribution is 4.82. The Labute approximate surface area is 295 Å². The Morgan fingerprint density at radius 3 is 1.11 bits per heavy atom. The minimum Gasteiger partial charge on any atom is -0.379 e. The molecule has 0 N–H and O–H groups in total. The first-order valence-electron chi connectivity index (χ1n) is 21.0. The van der Waals surface area contributed by atoms with Gasteiger partial charge >= 0.3 is 0 Å². The normalized spacial score (nSPS) is 12.7. The summed E-state index contributed by atoms with van der Waals surface area (Å²) in [6.07, 6.45) is 46.9. The van der Waals surface area contributed by atoms with Gasteiger partial charge in [-0.25, -0.2) is 0 Å². The van der Waals surface area contributed by atoms with Crippen LogP contribution in [0.25, 0.3) is 0 Å². The van der Waals surface area contributed by atoms with E-state index in [1.807, 2.05) is 6.92 Å². The zero-order valence-corrected chi connectivity index (χ0v) is 32.3. The fourth-order valence-corrected chi connectivity index (χ4v) is 5.89. The maximum absolute atomic E-state index is 6.20. The van der Waals surface area contributed by atoms with Crippen LogP contribution in [0.1, 0.15) is 201 Å². The molecule has 0 aromatic rings. The lowest BCUT2D eigenvalue weighted by Gasteiger charge is -2.18. The van der Waals surface area contributed by atoms with Gasteiger partial charge in [-0.3, -0.25) is 0 Å². The first-order valence-corrected chi connectivity index (χ1v) is 21.0. The molecule has 0 rings (SSSR count). The molecule has 0 aromatic carbocycles. The van der Waals surface area contributed by atoms with Crippen LogP contribution in [0.5, 0.6) is 0 Å². The van der Waals surface area contributed by atoms with Crippen molar-refractivity contribution in [3.05, 3.63) is 24.3 Å². The number of hydrogen-bond donors (Lipinski definition) is 0. The zero-order chi connectivity index (χ0) is 34.0. The number of allylic oxidation sites excluding steroid dienone is 4. The molecule has 4 heteroatoms. The molecular weight excluding hydrogens is 580 g/mol. The summed E-state index contributed by atoms with van der Waals surface area (Å²) in [5.41, 5.74) is 0. The Morgan fingerprint density at radius 1 is 0.340 bits per heavy atom.